The van der Waals surface area contributed by atoms with Crippen LogP contribution in [0.25, 0.3) is 0 Å². The zero-order valence-corrected chi connectivity index (χ0v) is 12.1. The van der Waals surface area contributed by atoms with Gasteiger partial charge < -0.3 is 10.4 Å². The molecule has 1 aromatic carbocycles. The molecular weight excluding hydrogens is 258 g/mol. The molecule has 4 heteroatoms. The van der Waals surface area contributed by atoms with Gasteiger partial charge in [-0.2, -0.15) is 11.8 Å². The lowest BCUT2D eigenvalue weighted by molar-refractivity contribution is 0.0941. The SMILES string of the molecule is CSCc1ccc(C(=O)NCC2(CCO)CC2)cc1. The Labute approximate surface area is 118 Å². The van der Waals surface area contributed by atoms with E-state index in [1.54, 1.807) is 11.8 Å². The summed E-state index contributed by atoms with van der Waals surface area (Å²) >= 11 is 1.77. The van der Waals surface area contributed by atoms with Crippen LogP contribution in [0.2, 0.25) is 0 Å². The third-order valence-electron chi connectivity index (χ3n) is 3.75. The number of carbonyl (C=O) groups is 1. The number of aliphatic hydroxyl groups is 1. The molecule has 0 bridgehead atoms. The van der Waals surface area contributed by atoms with Crippen molar-refractivity contribution in [1.29, 1.82) is 0 Å². The van der Waals surface area contributed by atoms with Crippen LogP contribution in [0, 0.1) is 5.41 Å². The maximum Gasteiger partial charge on any atom is 0.251 e. The number of benzene rings is 1. The summed E-state index contributed by atoms with van der Waals surface area (Å²) in [6.45, 7) is 0.887. The standard InChI is InChI=1S/C15H21NO2S/c1-19-10-12-2-4-13(5-3-12)14(18)16-11-15(6-7-15)8-9-17/h2-5,17H,6-11H2,1H3,(H,16,18). The van der Waals surface area contributed by atoms with Crippen LogP contribution >= 0.6 is 11.8 Å². The Balaban J connectivity index is 1.86. The summed E-state index contributed by atoms with van der Waals surface area (Å²) in [4.78, 5) is 12.0. The van der Waals surface area contributed by atoms with E-state index in [-0.39, 0.29) is 17.9 Å². The van der Waals surface area contributed by atoms with Crippen LogP contribution in [-0.4, -0.2) is 30.4 Å². The van der Waals surface area contributed by atoms with E-state index < -0.39 is 0 Å². The molecule has 1 aliphatic carbocycles. The monoisotopic (exact) mass is 279 g/mol. The summed E-state index contributed by atoms with van der Waals surface area (Å²) in [5.41, 5.74) is 2.12. The summed E-state index contributed by atoms with van der Waals surface area (Å²) in [6, 6.07) is 7.77. The van der Waals surface area contributed by atoms with Crippen LogP contribution in [0.4, 0.5) is 0 Å². The molecule has 1 fully saturated rings. The summed E-state index contributed by atoms with van der Waals surface area (Å²) in [7, 11) is 0. The summed E-state index contributed by atoms with van der Waals surface area (Å²) in [5.74, 6) is 0.960. The van der Waals surface area contributed by atoms with Crippen molar-refractivity contribution < 1.29 is 9.90 Å². The molecule has 1 saturated carbocycles. The molecule has 2 N–H and O–H groups in total. The smallest absolute Gasteiger partial charge is 0.251 e. The Morgan fingerprint density at radius 1 is 1.37 bits per heavy atom. The third-order valence-corrected chi connectivity index (χ3v) is 4.37. The summed E-state index contributed by atoms with van der Waals surface area (Å²) in [6.07, 6.45) is 5.08. The Morgan fingerprint density at radius 3 is 2.58 bits per heavy atom. The highest BCUT2D eigenvalue weighted by Crippen LogP contribution is 2.47. The Bertz CT molecular complexity index is 426. The van der Waals surface area contributed by atoms with Crippen molar-refractivity contribution in [2.75, 3.05) is 19.4 Å². The average Bonchev–Trinajstić information content (AvgIpc) is 3.18. The average molecular weight is 279 g/mol. The van der Waals surface area contributed by atoms with Gasteiger partial charge in [-0.05, 0) is 48.6 Å². The first-order valence-corrected chi connectivity index (χ1v) is 8.05. The molecule has 0 aliphatic heterocycles. The van der Waals surface area contributed by atoms with Crippen molar-refractivity contribution in [3.8, 4) is 0 Å². The molecule has 0 radical (unpaired) electrons. The molecule has 1 aliphatic rings. The first-order valence-electron chi connectivity index (χ1n) is 6.66. The number of amides is 1. The van der Waals surface area contributed by atoms with E-state index in [0.717, 1.165) is 25.0 Å². The molecule has 104 valence electrons. The van der Waals surface area contributed by atoms with Crippen molar-refractivity contribution in [3.05, 3.63) is 35.4 Å². The van der Waals surface area contributed by atoms with Gasteiger partial charge in [0.2, 0.25) is 0 Å². The molecule has 0 aromatic heterocycles. The lowest BCUT2D eigenvalue weighted by Gasteiger charge is -2.14. The van der Waals surface area contributed by atoms with E-state index in [4.69, 9.17) is 5.11 Å². The lowest BCUT2D eigenvalue weighted by atomic mass is 10.0. The number of aliphatic hydroxyl groups excluding tert-OH is 1. The van der Waals surface area contributed by atoms with Crippen LogP contribution < -0.4 is 5.32 Å². The minimum Gasteiger partial charge on any atom is -0.396 e. The highest BCUT2D eigenvalue weighted by molar-refractivity contribution is 7.97. The van der Waals surface area contributed by atoms with Gasteiger partial charge in [-0.15, -0.1) is 0 Å². The summed E-state index contributed by atoms with van der Waals surface area (Å²) < 4.78 is 0. The molecule has 19 heavy (non-hydrogen) atoms. The topological polar surface area (TPSA) is 49.3 Å². The molecule has 2 rings (SSSR count). The molecule has 0 spiro atoms. The minimum atomic E-state index is -0.0140. The second kappa shape index (κ2) is 6.44. The van der Waals surface area contributed by atoms with E-state index in [1.165, 1.54) is 5.56 Å². The van der Waals surface area contributed by atoms with Crippen LogP contribution in [-0.2, 0) is 5.75 Å². The fourth-order valence-electron chi connectivity index (χ4n) is 2.22. The van der Waals surface area contributed by atoms with Crippen LogP contribution in [0.15, 0.2) is 24.3 Å². The molecule has 1 amide bonds. The Morgan fingerprint density at radius 2 is 2.05 bits per heavy atom. The van der Waals surface area contributed by atoms with Gasteiger partial charge in [0, 0.05) is 24.5 Å². The molecular formula is C15H21NO2S. The fraction of sp³-hybridized carbons (Fsp3) is 0.533. The molecule has 1 aromatic rings. The van der Waals surface area contributed by atoms with Crippen LogP contribution in [0.3, 0.4) is 0 Å². The van der Waals surface area contributed by atoms with Gasteiger partial charge in [-0.3, -0.25) is 4.79 Å². The van der Waals surface area contributed by atoms with E-state index in [9.17, 15) is 4.79 Å². The Hall–Kier alpha value is -1.00. The highest BCUT2D eigenvalue weighted by atomic mass is 32.2. The second-order valence-electron chi connectivity index (χ2n) is 5.29. The summed E-state index contributed by atoms with van der Waals surface area (Å²) in [5, 5.41) is 12.0. The third kappa shape index (κ3) is 3.98. The maximum atomic E-state index is 12.0. The van der Waals surface area contributed by atoms with E-state index in [1.807, 2.05) is 24.3 Å². The minimum absolute atomic E-state index is 0.0140. The normalized spacial score (nSPS) is 16.1. The molecule has 3 nitrogen and oxygen atoms in total. The van der Waals surface area contributed by atoms with Crippen molar-refractivity contribution in [2.45, 2.75) is 25.0 Å². The first-order chi connectivity index (χ1) is 9.19. The van der Waals surface area contributed by atoms with Crippen LogP contribution in [0.1, 0.15) is 35.2 Å². The van der Waals surface area contributed by atoms with Crippen molar-refractivity contribution >= 4 is 17.7 Å². The van der Waals surface area contributed by atoms with Crippen LogP contribution in [0.5, 0.6) is 0 Å². The quantitative estimate of drug-likeness (QED) is 0.806. The van der Waals surface area contributed by atoms with Gasteiger partial charge in [-0.25, -0.2) is 0 Å². The predicted octanol–water partition coefficient (Wildman–Crippen LogP) is 2.44. The zero-order valence-electron chi connectivity index (χ0n) is 11.3. The molecule has 0 saturated heterocycles. The Kier molecular flexibility index (Phi) is 4.88. The number of nitrogens with one attached hydrogen (secondary N) is 1. The van der Waals surface area contributed by atoms with Gasteiger partial charge in [0.05, 0.1) is 0 Å². The second-order valence-corrected chi connectivity index (χ2v) is 6.15. The van der Waals surface area contributed by atoms with Crippen molar-refractivity contribution in [1.82, 2.24) is 5.32 Å². The highest BCUT2D eigenvalue weighted by Gasteiger charge is 2.41. The maximum absolute atomic E-state index is 12.0. The zero-order chi connectivity index (χ0) is 13.7. The number of hydrogen-bond donors (Lipinski definition) is 2. The number of carbonyl (C=O) groups excluding carboxylic acids is 1. The lowest BCUT2D eigenvalue weighted by Crippen LogP contribution is -2.30. The number of hydrogen-bond acceptors (Lipinski definition) is 3. The predicted molar refractivity (Wildman–Crippen MR) is 79.4 cm³/mol. The van der Waals surface area contributed by atoms with Gasteiger partial charge in [-0.1, -0.05) is 12.1 Å². The number of rotatable bonds is 7. The fourth-order valence-corrected chi connectivity index (χ4v) is 2.74. The van der Waals surface area contributed by atoms with Gasteiger partial charge >= 0.3 is 0 Å². The van der Waals surface area contributed by atoms with Gasteiger partial charge in [0.1, 0.15) is 0 Å². The molecule has 0 atom stereocenters. The van der Waals surface area contributed by atoms with E-state index >= 15 is 0 Å². The molecule has 0 unspecified atom stereocenters. The van der Waals surface area contributed by atoms with E-state index in [0.29, 0.717) is 12.1 Å². The van der Waals surface area contributed by atoms with E-state index in [2.05, 4.69) is 11.6 Å². The first kappa shape index (κ1) is 14.4. The van der Waals surface area contributed by atoms with Gasteiger partial charge in [0.25, 0.3) is 5.91 Å². The largest absolute Gasteiger partial charge is 0.396 e. The van der Waals surface area contributed by atoms with Gasteiger partial charge in [0.15, 0.2) is 0 Å². The van der Waals surface area contributed by atoms with Crippen molar-refractivity contribution in [2.24, 2.45) is 5.41 Å². The number of thioether (sulfide) groups is 1. The molecule has 0 heterocycles. The van der Waals surface area contributed by atoms with Crippen molar-refractivity contribution in [3.63, 3.8) is 0 Å².